The predicted molar refractivity (Wildman–Crippen MR) is 107 cm³/mol. The molecule has 2 aromatic rings. The average molecular weight is 416 g/mol. The van der Waals surface area contributed by atoms with Crippen LogP contribution in [0.3, 0.4) is 0 Å². The van der Waals surface area contributed by atoms with Gasteiger partial charge in [-0.1, -0.05) is 42.3 Å². The number of carbonyl (C=O) groups is 1. The first-order chi connectivity index (χ1) is 12.5. The number of rotatable bonds is 9. The summed E-state index contributed by atoms with van der Waals surface area (Å²) in [5, 5.41) is 3.81. The third kappa shape index (κ3) is 6.38. The maximum absolute atomic E-state index is 13.7. The van der Waals surface area contributed by atoms with Gasteiger partial charge >= 0.3 is 0 Å². The second kappa shape index (κ2) is 10.7. The highest BCUT2D eigenvalue weighted by Gasteiger charge is 2.18. The Morgan fingerprint density at radius 3 is 2.73 bits per heavy atom. The Hall–Kier alpha value is -1.43. The highest BCUT2D eigenvalue weighted by Crippen LogP contribution is 2.23. The fourth-order valence-corrected chi connectivity index (χ4v) is 3.61. The number of hydrogen-bond acceptors (Lipinski definition) is 3. The van der Waals surface area contributed by atoms with Crippen LogP contribution in [0.2, 0.25) is 10.0 Å². The number of thioether (sulfide) groups is 1. The summed E-state index contributed by atoms with van der Waals surface area (Å²) >= 11 is 13.4. The molecule has 0 spiro atoms. The molecule has 0 bridgehead atoms. The topological polar surface area (TPSA) is 38.3 Å². The van der Waals surface area contributed by atoms with Crippen LogP contribution >= 0.6 is 35.0 Å². The zero-order chi connectivity index (χ0) is 18.9. The van der Waals surface area contributed by atoms with Gasteiger partial charge in [-0.2, -0.15) is 11.8 Å². The lowest BCUT2D eigenvalue weighted by atomic mass is 10.2. The standard InChI is InChI=1S/C19H20Cl2FNO2S/c1-2-18(25-14-6-3-5-13(20)11-14)19(24)23-9-10-26-12-15-16(21)7-4-8-17(15)22/h3-8,11,18H,2,9-10,12H2,1H3,(H,23,24). The molecule has 0 fully saturated rings. The largest absolute Gasteiger partial charge is 0.481 e. The minimum absolute atomic E-state index is 0.183. The molecule has 0 heterocycles. The van der Waals surface area contributed by atoms with Crippen LogP contribution in [0.4, 0.5) is 4.39 Å². The van der Waals surface area contributed by atoms with E-state index in [1.807, 2.05) is 6.92 Å². The molecule has 0 aliphatic rings. The van der Waals surface area contributed by atoms with Crippen molar-refractivity contribution in [3.05, 3.63) is 63.9 Å². The maximum atomic E-state index is 13.7. The molecule has 1 amide bonds. The summed E-state index contributed by atoms with van der Waals surface area (Å²) in [5.41, 5.74) is 0.487. The van der Waals surface area contributed by atoms with Crippen LogP contribution < -0.4 is 10.1 Å². The van der Waals surface area contributed by atoms with E-state index in [0.717, 1.165) is 0 Å². The van der Waals surface area contributed by atoms with E-state index in [1.165, 1.54) is 17.8 Å². The highest BCUT2D eigenvalue weighted by molar-refractivity contribution is 7.98. The molecule has 1 atom stereocenters. The lowest BCUT2D eigenvalue weighted by Gasteiger charge is -2.17. The quantitative estimate of drug-likeness (QED) is 0.561. The first-order valence-corrected chi connectivity index (χ1v) is 10.1. The molecule has 140 valence electrons. The summed E-state index contributed by atoms with van der Waals surface area (Å²) in [6.07, 6.45) is -0.0458. The summed E-state index contributed by atoms with van der Waals surface area (Å²) in [6, 6.07) is 11.6. The molecule has 2 rings (SSSR count). The molecule has 3 nitrogen and oxygen atoms in total. The Kier molecular flexibility index (Phi) is 8.55. The third-order valence-electron chi connectivity index (χ3n) is 3.59. The second-order valence-corrected chi connectivity index (χ2v) is 7.46. The number of halogens is 3. The van der Waals surface area contributed by atoms with Gasteiger partial charge in [0.05, 0.1) is 0 Å². The van der Waals surface area contributed by atoms with Gasteiger partial charge in [-0.05, 0) is 36.8 Å². The first kappa shape index (κ1) is 20.9. The van der Waals surface area contributed by atoms with Crippen molar-refractivity contribution in [3.63, 3.8) is 0 Å². The highest BCUT2D eigenvalue weighted by atomic mass is 35.5. The van der Waals surface area contributed by atoms with Crippen LogP contribution in [0.1, 0.15) is 18.9 Å². The molecule has 0 aromatic heterocycles. The molecule has 26 heavy (non-hydrogen) atoms. The normalized spacial score (nSPS) is 11.8. The lowest BCUT2D eigenvalue weighted by molar-refractivity contribution is -0.127. The van der Waals surface area contributed by atoms with Crippen molar-refractivity contribution in [3.8, 4) is 5.75 Å². The Morgan fingerprint density at radius 2 is 2.04 bits per heavy atom. The van der Waals surface area contributed by atoms with E-state index < -0.39 is 6.10 Å². The van der Waals surface area contributed by atoms with Crippen molar-refractivity contribution in [2.24, 2.45) is 0 Å². The van der Waals surface area contributed by atoms with Crippen molar-refractivity contribution in [2.45, 2.75) is 25.2 Å². The number of carbonyl (C=O) groups excluding carboxylic acids is 1. The van der Waals surface area contributed by atoms with E-state index in [0.29, 0.717) is 45.8 Å². The molecule has 0 saturated heterocycles. The van der Waals surface area contributed by atoms with E-state index >= 15 is 0 Å². The lowest BCUT2D eigenvalue weighted by Crippen LogP contribution is -2.39. The van der Waals surface area contributed by atoms with Gasteiger partial charge in [0, 0.05) is 33.7 Å². The van der Waals surface area contributed by atoms with E-state index in [1.54, 1.807) is 36.4 Å². The van der Waals surface area contributed by atoms with Crippen molar-refractivity contribution in [1.82, 2.24) is 5.32 Å². The monoisotopic (exact) mass is 415 g/mol. The average Bonchev–Trinajstić information content (AvgIpc) is 2.61. The number of hydrogen-bond donors (Lipinski definition) is 1. The van der Waals surface area contributed by atoms with Crippen LogP contribution in [-0.2, 0) is 10.5 Å². The predicted octanol–water partition coefficient (Wildman–Crippen LogP) is 5.34. The Balaban J connectivity index is 1.75. The molecule has 0 aliphatic carbocycles. The van der Waals surface area contributed by atoms with Crippen molar-refractivity contribution in [2.75, 3.05) is 12.3 Å². The van der Waals surface area contributed by atoms with Crippen LogP contribution in [0.5, 0.6) is 5.75 Å². The van der Waals surface area contributed by atoms with Gasteiger partial charge in [0.2, 0.25) is 0 Å². The summed E-state index contributed by atoms with van der Waals surface area (Å²) in [6.45, 7) is 2.34. The first-order valence-electron chi connectivity index (χ1n) is 8.21. The second-order valence-electron chi connectivity index (χ2n) is 5.52. The summed E-state index contributed by atoms with van der Waals surface area (Å²) < 4.78 is 19.4. The summed E-state index contributed by atoms with van der Waals surface area (Å²) in [5.74, 6) is 1.16. The number of ether oxygens (including phenoxy) is 1. The summed E-state index contributed by atoms with van der Waals surface area (Å²) in [4.78, 5) is 12.2. The van der Waals surface area contributed by atoms with Gasteiger partial charge in [-0.25, -0.2) is 4.39 Å². The minimum Gasteiger partial charge on any atom is -0.481 e. The van der Waals surface area contributed by atoms with Gasteiger partial charge in [0.25, 0.3) is 5.91 Å². The molecule has 7 heteroatoms. The molecule has 1 unspecified atom stereocenters. The van der Waals surface area contributed by atoms with Gasteiger partial charge in [-0.15, -0.1) is 0 Å². The van der Waals surface area contributed by atoms with Gasteiger partial charge < -0.3 is 10.1 Å². The Morgan fingerprint density at radius 1 is 1.27 bits per heavy atom. The molecule has 0 radical (unpaired) electrons. The summed E-state index contributed by atoms with van der Waals surface area (Å²) in [7, 11) is 0. The fraction of sp³-hybridized carbons (Fsp3) is 0.316. The SMILES string of the molecule is CCC(Oc1cccc(Cl)c1)C(=O)NCCSCc1c(F)cccc1Cl. The van der Waals surface area contributed by atoms with E-state index in [9.17, 15) is 9.18 Å². The molecule has 2 aromatic carbocycles. The van der Waals surface area contributed by atoms with Gasteiger partial charge in [-0.3, -0.25) is 4.79 Å². The van der Waals surface area contributed by atoms with Crippen LogP contribution in [0.25, 0.3) is 0 Å². The zero-order valence-corrected chi connectivity index (χ0v) is 16.6. The Labute approximate surface area is 167 Å². The van der Waals surface area contributed by atoms with Crippen molar-refractivity contribution < 1.29 is 13.9 Å². The van der Waals surface area contributed by atoms with Crippen LogP contribution in [0, 0.1) is 5.82 Å². The van der Waals surface area contributed by atoms with Crippen molar-refractivity contribution >= 4 is 40.9 Å². The number of nitrogens with one attached hydrogen (secondary N) is 1. The van der Waals surface area contributed by atoms with Gasteiger partial charge in [0.1, 0.15) is 11.6 Å². The van der Waals surface area contributed by atoms with Crippen molar-refractivity contribution in [1.29, 1.82) is 0 Å². The zero-order valence-electron chi connectivity index (χ0n) is 14.3. The molecule has 0 saturated carbocycles. The van der Waals surface area contributed by atoms with Crippen LogP contribution in [-0.4, -0.2) is 24.3 Å². The number of benzene rings is 2. The molecular formula is C19H20Cl2FNO2S. The van der Waals surface area contributed by atoms with Crippen LogP contribution in [0.15, 0.2) is 42.5 Å². The number of amides is 1. The Bertz CT molecular complexity index is 725. The maximum Gasteiger partial charge on any atom is 0.261 e. The smallest absolute Gasteiger partial charge is 0.261 e. The van der Waals surface area contributed by atoms with E-state index in [2.05, 4.69) is 5.32 Å². The molecule has 0 aliphatic heterocycles. The molecular weight excluding hydrogens is 396 g/mol. The third-order valence-corrected chi connectivity index (χ3v) is 5.17. The van der Waals surface area contributed by atoms with Gasteiger partial charge in [0.15, 0.2) is 6.10 Å². The molecule has 1 N–H and O–H groups in total. The van der Waals surface area contributed by atoms with E-state index in [-0.39, 0.29) is 11.7 Å². The minimum atomic E-state index is -0.584. The van der Waals surface area contributed by atoms with E-state index in [4.69, 9.17) is 27.9 Å². The fourth-order valence-electron chi connectivity index (χ4n) is 2.23.